The molecule has 4 heterocycles. The molecule has 6 rings (SSSR count). The van der Waals surface area contributed by atoms with Crippen molar-refractivity contribution in [2.24, 2.45) is 5.92 Å². The van der Waals surface area contributed by atoms with Crippen LogP contribution >= 0.6 is 26.8 Å². The Morgan fingerprint density at radius 1 is 0.790 bits per heavy atom. The number of rotatable bonds is 40. The van der Waals surface area contributed by atoms with Crippen LogP contribution in [0.4, 0.5) is 19.0 Å². The molecule has 35 heteroatoms. The summed E-state index contributed by atoms with van der Waals surface area (Å²) in [5, 5.41) is 40.1. The molecule has 2 fully saturated rings. The van der Waals surface area contributed by atoms with Gasteiger partial charge in [0.05, 0.1) is 143 Å². The van der Waals surface area contributed by atoms with Gasteiger partial charge in [0.15, 0.2) is 29.4 Å². The van der Waals surface area contributed by atoms with Crippen LogP contribution in [-0.4, -0.2) is 214 Å². The summed E-state index contributed by atoms with van der Waals surface area (Å²) in [6.45, 7) is 4.29. The van der Waals surface area contributed by atoms with Crippen molar-refractivity contribution in [3.05, 3.63) is 53.0 Å². The predicted molar refractivity (Wildman–Crippen MR) is 273 cm³/mol. The average molecular weight is 1220 g/mol. The monoisotopic (exact) mass is 1220 g/mol. The van der Waals surface area contributed by atoms with Gasteiger partial charge in [-0.2, -0.15) is 15.1 Å². The standard InChI is InChI=1S/C46H67ClF3N9O20P2/c47-46-54-42(33-25-52-59(43(33)55-46)45-40(62)39(61)36(78-45)28-77-81(67,68)29-80(64,65)66)53-38(30-3-1-2-4-30)44(63)51-6-9-70-12-15-73-19-20-75-21-22-76-27-32-26-58(57-56-32)7-10-71-13-16-74-18-17-72-14-11-69-8-5-37(60)79-41-34(49)23-31(48)24-35(41)50/h23-26,30,36,38-40,45,61-62H,1-22,27-29H2,(H,51,63)(H,67,68)(H,53,54,55)(H2,64,65,66)/t36-,38-,39-,40-,45-/m1/s1. The second-order valence-corrected chi connectivity index (χ2v) is 22.5. The number of carbonyl (C=O) groups is 2. The van der Waals surface area contributed by atoms with E-state index in [0.717, 1.165) is 30.4 Å². The first-order chi connectivity index (χ1) is 38.9. The Balaban J connectivity index is 0.743. The summed E-state index contributed by atoms with van der Waals surface area (Å²) >= 11 is 6.33. The number of aliphatic hydroxyl groups is 2. The molecule has 4 aromatic rings. The van der Waals surface area contributed by atoms with Crippen molar-refractivity contribution >= 4 is 55.5 Å². The fourth-order valence-electron chi connectivity index (χ4n) is 8.14. The molecule has 6 atom stereocenters. The number of hydrogen-bond donors (Lipinski definition) is 7. The van der Waals surface area contributed by atoms with Gasteiger partial charge in [-0.1, -0.05) is 18.1 Å². The lowest BCUT2D eigenvalue weighted by atomic mass is 9.97. The lowest BCUT2D eigenvalue weighted by Crippen LogP contribution is -2.45. The van der Waals surface area contributed by atoms with Crippen LogP contribution in [0, 0.1) is 23.4 Å². The zero-order chi connectivity index (χ0) is 58.2. The molecule has 29 nitrogen and oxygen atoms in total. The molecule has 1 aliphatic carbocycles. The highest BCUT2D eigenvalue weighted by molar-refractivity contribution is 7.70. The third-order valence-electron chi connectivity index (χ3n) is 12.0. The largest absolute Gasteiger partial charge is 0.420 e. The summed E-state index contributed by atoms with van der Waals surface area (Å²) in [5.74, 6) is -7.30. The van der Waals surface area contributed by atoms with Crippen LogP contribution in [0.5, 0.6) is 5.75 Å². The number of hydrogen-bond acceptors (Lipinski definition) is 23. The summed E-state index contributed by atoms with van der Waals surface area (Å²) in [6.07, 6.45) is 0.112. The van der Waals surface area contributed by atoms with Gasteiger partial charge in [-0.05, 0) is 30.4 Å². The van der Waals surface area contributed by atoms with Crippen molar-refractivity contribution in [1.82, 2.24) is 40.1 Å². The van der Waals surface area contributed by atoms with Crippen molar-refractivity contribution in [1.29, 1.82) is 0 Å². The summed E-state index contributed by atoms with van der Waals surface area (Å²) < 4.78 is 125. The van der Waals surface area contributed by atoms with E-state index in [1.807, 2.05) is 0 Å². The smallest absolute Gasteiger partial charge is 0.340 e. The van der Waals surface area contributed by atoms with Crippen molar-refractivity contribution in [2.75, 3.05) is 123 Å². The van der Waals surface area contributed by atoms with Crippen LogP contribution in [0.2, 0.25) is 5.28 Å². The van der Waals surface area contributed by atoms with Crippen LogP contribution in [-0.2, 0) is 79.0 Å². The molecular weight excluding hydrogens is 1150 g/mol. The highest BCUT2D eigenvalue weighted by Crippen LogP contribution is 2.55. The van der Waals surface area contributed by atoms with E-state index in [1.54, 1.807) is 10.9 Å². The predicted octanol–water partition coefficient (Wildman–Crippen LogP) is 1.86. The van der Waals surface area contributed by atoms with E-state index in [1.165, 1.54) is 6.20 Å². The molecule has 1 amide bonds. The Bertz CT molecular complexity index is 2660. The Labute approximate surface area is 466 Å². The first-order valence-corrected chi connectivity index (χ1v) is 29.6. The molecule has 454 valence electrons. The normalized spacial score (nSPS) is 18.9. The number of esters is 1. The summed E-state index contributed by atoms with van der Waals surface area (Å²) in [4.78, 5) is 61.9. The number of anilines is 1. The lowest BCUT2D eigenvalue weighted by Gasteiger charge is -2.25. The van der Waals surface area contributed by atoms with Gasteiger partial charge in [-0.25, -0.2) is 22.5 Å². The maximum atomic E-state index is 13.6. The molecule has 0 spiro atoms. The molecule has 0 radical (unpaired) electrons. The molecule has 7 N–H and O–H groups in total. The van der Waals surface area contributed by atoms with Gasteiger partial charge in [-0.15, -0.1) is 5.10 Å². The van der Waals surface area contributed by atoms with E-state index in [0.29, 0.717) is 95.8 Å². The number of carbonyl (C=O) groups excluding carboxylic acids is 2. The van der Waals surface area contributed by atoms with Crippen molar-refractivity contribution in [3.63, 3.8) is 0 Å². The molecule has 2 aliphatic rings. The van der Waals surface area contributed by atoms with Gasteiger partial charge >= 0.3 is 21.2 Å². The Morgan fingerprint density at radius 2 is 1.37 bits per heavy atom. The molecule has 1 saturated carbocycles. The van der Waals surface area contributed by atoms with Crippen LogP contribution in [0.25, 0.3) is 11.0 Å². The van der Waals surface area contributed by atoms with Crippen molar-refractivity contribution in [3.8, 4) is 5.75 Å². The van der Waals surface area contributed by atoms with Crippen LogP contribution in [0.1, 0.15) is 44.0 Å². The molecule has 81 heavy (non-hydrogen) atoms. The number of aliphatic hydroxyl groups excluding tert-OH is 2. The fraction of sp³-hybridized carbons (Fsp3) is 0.674. The van der Waals surface area contributed by atoms with Gasteiger partial charge in [0.1, 0.15) is 41.7 Å². The molecular formula is C46H67ClF3N9O20P2. The third kappa shape index (κ3) is 22.6. The SMILES string of the molecule is O=C(CCOCCOCCOCCOCCn1cc(COCCOCCOCCOCCNC(=O)[C@H](Nc2nc(Cl)nc3c2cnn3[C@@H]2O[C@H](COP(=O)(O)CP(=O)(O)O)[C@@H](O)[C@H]2O)C2CCCC2)nn1)Oc1c(F)cc(F)cc1F. The van der Waals surface area contributed by atoms with E-state index in [-0.39, 0.29) is 81.2 Å². The second kappa shape index (κ2) is 33.8. The van der Waals surface area contributed by atoms with E-state index >= 15 is 0 Å². The number of ether oxygens (including phenoxy) is 10. The lowest BCUT2D eigenvalue weighted by molar-refractivity contribution is -0.136. The second-order valence-electron chi connectivity index (χ2n) is 18.1. The summed E-state index contributed by atoms with van der Waals surface area (Å²) in [5.41, 5.74) is 0.703. The minimum absolute atomic E-state index is 0.0484. The molecule has 0 bridgehead atoms. The van der Waals surface area contributed by atoms with Crippen LogP contribution in [0.15, 0.2) is 24.5 Å². The molecule has 1 aromatic carbocycles. The highest BCUT2D eigenvalue weighted by Gasteiger charge is 2.46. The molecule has 3 aromatic heterocycles. The van der Waals surface area contributed by atoms with E-state index in [9.17, 15) is 47.0 Å². The first kappa shape index (κ1) is 65.7. The first-order valence-electron chi connectivity index (χ1n) is 25.7. The number of nitrogens with one attached hydrogen (secondary N) is 2. The fourth-order valence-corrected chi connectivity index (χ4v) is 10.9. The van der Waals surface area contributed by atoms with E-state index in [4.69, 9.17) is 68.5 Å². The summed E-state index contributed by atoms with van der Waals surface area (Å²) in [7, 11) is -9.71. The maximum absolute atomic E-state index is 13.6. The number of aromatic nitrogens is 7. The zero-order valence-electron chi connectivity index (χ0n) is 43.8. The third-order valence-corrected chi connectivity index (χ3v) is 15.6. The van der Waals surface area contributed by atoms with Gasteiger partial charge in [0.25, 0.3) is 0 Å². The van der Waals surface area contributed by atoms with Crippen LogP contribution in [0.3, 0.4) is 0 Å². The Morgan fingerprint density at radius 3 is 1.99 bits per heavy atom. The number of amides is 1. The molecule has 1 unspecified atom stereocenters. The quantitative estimate of drug-likeness (QED) is 0.0110. The van der Waals surface area contributed by atoms with Gasteiger partial charge in [0, 0.05) is 18.7 Å². The Hall–Kier alpha value is -4.41. The Kier molecular flexibility index (Phi) is 27.4. The number of fused-ring (bicyclic) bond motifs is 1. The van der Waals surface area contributed by atoms with Crippen molar-refractivity contribution < 1.29 is 109 Å². The minimum atomic E-state index is -4.92. The molecule has 1 saturated heterocycles. The van der Waals surface area contributed by atoms with E-state index < -0.39 is 87.5 Å². The van der Waals surface area contributed by atoms with Crippen molar-refractivity contribution in [2.45, 2.75) is 75.8 Å². The molecule has 1 aliphatic heterocycles. The van der Waals surface area contributed by atoms with Crippen LogP contribution < -0.4 is 15.4 Å². The van der Waals surface area contributed by atoms with Gasteiger partial charge in [0.2, 0.25) is 16.9 Å². The minimum Gasteiger partial charge on any atom is -0.420 e. The summed E-state index contributed by atoms with van der Waals surface area (Å²) in [6, 6.07) is 0.0880. The highest BCUT2D eigenvalue weighted by atomic mass is 35.5. The van der Waals surface area contributed by atoms with Gasteiger partial charge in [-0.3, -0.25) is 18.7 Å². The topological polar surface area (TPSA) is 369 Å². The maximum Gasteiger partial charge on any atom is 0.340 e. The van der Waals surface area contributed by atoms with E-state index in [2.05, 4.69) is 40.7 Å². The average Bonchev–Trinajstić information content (AvgIpc) is 4.42. The number of nitrogens with zero attached hydrogens (tertiary/aromatic N) is 7. The zero-order valence-corrected chi connectivity index (χ0v) is 46.4. The number of benzene rings is 1. The number of halogens is 4. The van der Waals surface area contributed by atoms with Gasteiger partial charge < -0.3 is 87.4 Å².